The normalized spacial score (nSPS) is 22.4. The van der Waals surface area contributed by atoms with Crippen LogP contribution in [-0.4, -0.2) is 70.3 Å². The third-order valence-electron chi connectivity index (χ3n) is 6.33. The molecule has 2 atom stereocenters. The number of halogens is 7. The number of aromatic amines is 1. The number of nitrogens with one attached hydrogen (secondary N) is 2. The van der Waals surface area contributed by atoms with Crippen molar-refractivity contribution in [3.8, 4) is 11.8 Å². The zero-order chi connectivity index (χ0) is 26.0. The Kier molecular flexibility index (Phi) is 8.93. The van der Waals surface area contributed by atoms with Gasteiger partial charge in [0, 0.05) is 23.1 Å². The molecule has 2 N–H and O–H groups in total. The molecule has 2 fully saturated rings. The van der Waals surface area contributed by atoms with Crippen molar-refractivity contribution in [2.45, 2.75) is 37.4 Å². The molecule has 7 nitrogen and oxygen atoms in total. The average Bonchev–Trinajstić information content (AvgIpc) is 3.35. The highest BCUT2D eigenvalue weighted by atomic mass is 127. The maximum Gasteiger partial charge on any atom is 0.297 e. The predicted octanol–water partition coefficient (Wildman–Crippen LogP) is 4.99. The maximum absolute atomic E-state index is 15.1. The van der Waals surface area contributed by atoms with Crippen LogP contribution in [0.2, 0.25) is 5.02 Å². The number of rotatable bonds is 10. The summed E-state index contributed by atoms with van der Waals surface area (Å²) in [7, 11) is 0. The Labute approximate surface area is 231 Å². The van der Waals surface area contributed by atoms with Crippen molar-refractivity contribution in [2.75, 3.05) is 37.3 Å². The standard InChI is InChI=1S/C22H23BrClF4IN4O3/c23-15-16(24)19(35-9-12(2-4-29)30-7-13(26)27)14-18(17(15)28)31-21(32-20(14)34)36-10-22-3-1-5-33(22)8-11(25)6-22/h2,11,13,30H,1,3-10H2,(H,31,32,34)/b12-2+/t11-,22+/m1/s1. The van der Waals surface area contributed by atoms with Crippen LogP contribution in [0, 0.1) is 5.82 Å². The second kappa shape index (κ2) is 11.6. The number of alkyl halides is 4. The van der Waals surface area contributed by atoms with Gasteiger partial charge in [0.05, 0.1) is 16.6 Å². The van der Waals surface area contributed by atoms with Crippen molar-refractivity contribution in [2.24, 2.45) is 0 Å². The summed E-state index contributed by atoms with van der Waals surface area (Å²) in [4.78, 5) is 21.7. The summed E-state index contributed by atoms with van der Waals surface area (Å²) in [5.41, 5.74) is -1.22. The van der Waals surface area contributed by atoms with E-state index >= 15 is 4.39 Å². The van der Waals surface area contributed by atoms with E-state index < -0.39 is 36.1 Å². The zero-order valence-electron chi connectivity index (χ0n) is 18.9. The number of benzene rings is 1. The smallest absolute Gasteiger partial charge is 0.297 e. The van der Waals surface area contributed by atoms with Crippen LogP contribution < -0.4 is 20.3 Å². The lowest BCUT2D eigenvalue weighted by Gasteiger charge is -2.30. The Morgan fingerprint density at radius 3 is 2.94 bits per heavy atom. The Balaban J connectivity index is 1.62. The number of ether oxygens (including phenoxy) is 2. The highest BCUT2D eigenvalue weighted by molar-refractivity contribution is 14.1. The van der Waals surface area contributed by atoms with Gasteiger partial charge in [-0.05, 0) is 35.3 Å². The number of fused-ring (bicyclic) bond motifs is 2. The number of hydrogen-bond donors (Lipinski definition) is 2. The van der Waals surface area contributed by atoms with E-state index in [1.165, 1.54) is 0 Å². The molecule has 2 saturated heterocycles. The van der Waals surface area contributed by atoms with Gasteiger partial charge in [-0.3, -0.25) is 14.7 Å². The Morgan fingerprint density at radius 1 is 1.44 bits per heavy atom. The van der Waals surface area contributed by atoms with Gasteiger partial charge in [-0.1, -0.05) is 40.3 Å². The predicted molar refractivity (Wildman–Crippen MR) is 140 cm³/mol. The molecule has 0 unspecified atom stereocenters. The summed E-state index contributed by atoms with van der Waals surface area (Å²) in [5, 5.41) is 2.12. The molecule has 1 aromatic heterocycles. The SMILES string of the molecule is O=c1[nH]c(OC[C@@]23CCCN2C[C@H](F)C3)nc2c(F)c(Br)c(Cl)c(OC/C(=C\CI)NCC(F)F)c12. The molecule has 2 aliphatic rings. The minimum Gasteiger partial charge on any atom is -0.485 e. The molecular weight excluding hydrogens is 687 g/mol. The van der Waals surface area contributed by atoms with Crippen molar-refractivity contribution in [1.29, 1.82) is 0 Å². The van der Waals surface area contributed by atoms with Gasteiger partial charge in [0.1, 0.15) is 35.3 Å². The molecule has 36 heavy (non-hydrogen) atoms. The van der Waals surface area contributed by atoms with E-state index in [-0.39, 0.29) is 45.4 Å². The summed E-state index contributed by atoms with van der Waals surface area (Å²) in [6.07, 6.45) is 0.111. The van der Waals surface area contributed by atoms with E-state index in [0.717, 1.165) is 19.4 Å². The van der Waals surface area contributed by atoms with E-state index in [1.54, 1.807) is 6.08 Å². The molecule has 2 aliphatic heterocycles. The first-order chi connectivity index (χ1) is 17.1. The molecule has 0 aliphatic carbocycles. The Morgan fingerprint density at radius 2 is 2.22 bits per heavy atom. The average molecular weight is 710 g/mol. The Bertz CT molecular complexity index is 1220. The first kappa shape index (κ1) is 27.7. The quantitative estimate of drug-likeness (QED) is 0.157. The van der Waals surface area contributed by atoms with Gasteiger partial charge in [-0.15, -0.1) is 0 Å². The monoisotopic (exact) mass is 708 g/mol. The van der Waals surface area contributed by atoms with Crippen LogP contribution in [0.1, 0.15) is 19.3 Å². The fourth-order valence-corrected chi connectivity index (χ4v) is 5.85. The molecule has 0 saturated carbocycles. The number of allylic oxidation sites excluding steroid dienone is 1. The summed E-state index contributed by atoms with van der Waals surface area (Å²) in [6, 6.07) is -0.209. The highest BCUT2D eigenvalue weighted by Gasteiger charge is 2.49. The van der Waals surface area contributed by atoms with E-state index in [1.807, 2.05) is 27.5 Å². The molecule has 14 heteroatoms. The zero-order valence-corrected chi connectivity index (χ0v) is 23.4. The van der Waals surface area contributed by atoms with Gasteiger partial charge in [-0.2, -0.15) is 4.98 Å². The lowest BCUT2D eigenvalue weighted by atomic mass is 9.95. The largest absolute Gasteiger partial charge is 0.485 e. The topological polar surface area (TPSA) is 79.5 Å². The number of nitrogens with zero attached hydrogens (tertiary/aromatic N) is 2. The summed E-state index contributed by atoms with van der Waals surface area (Å²) in [5.74, 6) is -1.04. The van der Waals surface area contributed by atoms with Crippen LogP contribution in [0.15, 0.2) is 21.0 Å². The molecule has 1 aromatic carbocycles. The van der Waals surface area contributed by atoms with Crippen LogP contribution in [0.3, 0.4) is 0 Å². The molecule has 0 bridgehead atoms. The molecule has 0 radical (unpaired) electrons. The van der Waals surface area contributed by atoms with Crippen LogP contribution >= 0.6 is 50.1 Å². The van der Waals surface area contributed by atoms with Crippen molar-refractivity contribution in [3.63, 3.8) is 0 Å². The van der Waals surface area contributed by atoms with Crippen LogP contribution in [0.4, 0.5) is 17.6 Å². The van der Waals surface area contributed by atoms with Crippen molar-refractivity contribution in [1.82, 2.24) is 20.2 Å². The molecule has 3 heterocycles. The van der Waals surface area contributed by atoms with Crippen molar-refractivity contribution >= 4 is 61.0 Å². The van der Waals surface area contributed by atoms with Crippen molar-refractivity contribution < 1.29 is 27.0 Å². The third kappa shape index (κ3) is 5.73. The summed E-state index contributed by atoms with van der Waals surface area (Å²) < 4.78 is 66.2. The van der Waals surface area contributed by atoms with Crippen LogP contribution in [0.5, 0.6) is 11.8 Å². The number of H-pyrrole nitrogens is 1. The fourth-order valence-electron chi connectivity index (χ4n) is 4.72. The van der Waals surface area contributed by atoms with E-state index in [0.29, 0.717) is 23.1 Å². The highest BCUT2D eigenvalue weighted by Crippen LogP contribution is 2.42. The summed E-state index contributed by atoms with van der Waals surface area (Å²) >= 11 is 11.4. The van der Waals surface area contributed by atoms with Gasteiger partial charge < -0.3 is 14.8 Å². The second-order valence-corrected chi connectivity index (χ2v) is 10.7. The summed E-state index contributed by atoms with van der Waals surface area (Å²) in [6.45, 7) is 0.404. The molecule has 4 rings (SSSR count). The fraction of sp³-hybridized carbons (Fsp3) is 0.545. The second-order valence-electron chi connectivity index (χ2n) is 8.67. The minimum absolute atomic E-state index is 0.0991. The molecule has 0 amide bonds. The molecule has 2 aromatic rings. The first-order valence-electron chi connectivity index (χ1n) is 11.2. The van der Waals surface area contributed by atoms with Gasteiger partial charge in [0.25, 0.3) is 18.0 Å². The van der Waals surface area contributed by atoms with E-state index in [2.05, 4.69) is 31.2 Å². The number of hydrogen-bond acceptors (Lipinski definition) is 6. The molecular formula is C22H23BrClF4IN4O3. The van der Waals surface area contributed by atoms with E-state index in [9.17, 15) is 18.0 Å². The number of aromatic nitrogens is 2. The Hall–Kier alpha value is -1.32. The van der Waals surface area contributed by atoms with Crippen LogP contribution in [0.25, 0.3) is 10.9 Å². The van der Waals surface area contributed by atoms with Crippen molar-refractivity contribution in [3.05, 3.63) is 37.4 Å². The van der Waals surface area contributed by atoms with Gasteiger partial charge >= 0.3 is 0 Å². The maximum atomic E-state index is 15.1. The lowest BCUT2D eigenvalue weighted by Crippen LogP contribution is -2.43. The van der Waals surface area contributed by atoms with Crippen LogP contribution in [-0.2, 0) is 0 Å². The minimum atomic E-state index is -2.58. The van der Waals surface area contributed by atoms with E-state index in [4.69, 9.17) is 21.1 Å². The van der Waals surface area contributed by atoms with Gasteiger partial charge in [0.2, 0.25) is 0 Å². The first-order valence-corrected chi connectivity index (χ1v) is 13.9. The third-order valence-corrected chi connectivity index (χ3v) is 8.11. The van der Waals surface area contributed by atoms with Gasteiger partial charge in [-0.25, -0.2) is 17.6 Å². The molecule has 198 valence electrons. The van der Waals surface area contributed by atoms with Gasteiger partial charge in [0.15, 0.2) is 11.6 Å². The molecule has 0 spiro atoms. The lowest BCUT2D eigenvalue weighted by molar-refractivity contribution is 0.107.